The molecule has 0 radical (unpaired) electrons. The van der Waals surface area contributed by atoms with Crippen molar-refractivity contribution in [1.29, 1.82) is 0 Å². The fourth-order valence-electron chi connectivity index (χ4n) is 2.17. The summed E-state index contributed by atoms with van der Waals surface area (Å²) in [5.74, 6) is -0.607. The molecule has 1 aromatic carbocycles. The van der Waals surface area contributed by atoms with Gasteiger partial charge in [-0.15, -0.1) is 10.2 Å². The van der Waals surface area contributed by atoms with Crippen LogP contribution < -0.4 is 0 Å². The van der Waals surface area contributed by atoms with E-state index in [1.807, 2.05) is 32.0 Å². The molecule has 0 saturated carbocycles. The molecule has 0 aliphatic rings. The van der Waals surface area contributed by atoms with Gasteiger partial charge < -0.3 is 10.2 Å². The molecule has 0 amide bonds. The van der Waals surface area contributed by atoms with E-state index in [2.05, 4.69) is 10.2 Å². The van der Waals surface area contributed by atoms with Gasteiger partial charge in [0.1, 0.15) is 6.61 Å². The van der Waals surface area contributed by atoms with Crippen molar-refractivity contribution in [2.24, 2.45) is 0 Å². The second-order valence-corrected chi connectivity index (χ2v) is 5.45. The number of aliphatic hydroxyl groups is 1. The fourth-order valence-corrected chi connectivity index (χ4v) is 2.85. The van der Waals surface area contributed by atoms with Crippen molar-refractivity contribution in [3.8, 4) is 5.69 Å². The Morgan fingerprint density at radius 3 is 2.76 bits per heavy atom. The van der Waals surface area contributed by atoms with E-state index in [9.17, 15) is 9.90 Å². The molecule has 112 valence electrons. The molecule has 0 aliphatic heterocycles. The lowest BCUT2D eigenvalue weighted by Gasteiger charge is -2.15. The van der Waals surface area contributed by atoms with E-state index in [0.29, 0.717) is 11.0 Å². The summed E-state index contributed by atoms with van der Waals surface area (Å²) in [6.07, 6.45) is 0.823. The van der Waals surface area contributed by atoms with Crippen LogP contribution in [-0.2, 0) is 17.8 Å². The molecule has 6 nitrogen and oxygen atoms in total. The molecule has 1 heterocycles. The van der Waals surface area contributed by atoms with E-state index in [0.717, 1.165) is 35.0 Å². The van der Waals surface area contributed by atoms with Gasteiger partial charge in [0.2, 0.25) is 0 Å². The third-order valence-corrected chi connectivity index (χ3v) is 4.01. The largest absolute Gasteiger partial charge is 0.481 e. The van der Waals surface area contributed by atoms with Crippen LogP contribution in [0.2, 0.25) is 0 Å². The normalized spacial score (nSPS) is 10.8. The molecule has 1 aromatic heterocycles. The summed E-state index contributed by atoms with van der Waals surface area (Å²) >= 11 is 1.09. The monoisotopic (exact) mass is 307 g/mol. The maximum Gasteiger partial charge on any atom is 0.313 e. The average Bonchev–Trinajstić information content (AvgIpc) is 2.87. The number of carbonyl (C=O) groups is 1. The summed E-state index contributed by atoms with van der Waals surface area (Å²) in [5.41, 5.74) is 3.05. The van der Waals surface area contributed by atoms with E-state index in [1.165, 1.54) is 0 Å². The van der Waals surface area contributed by atoms with Crippen LogP contribution in [0, 0.1) is 6.92 Å². The molecule has 0 bridgehead atoms. The Morgan fingerprint density at radius 2 is 2.14 bits per heavy atom. The third-order valence-electron chi connectivity index (χ3n) is 3.09. The number of aliphatic carboxylic acids is 1. The number of carboxylic acid groups (broad SMARTS) is 1. The predicted octanol–water partition coefficient (Wildman–Crippen LogP) is 1.81. The number of rotatable bonds is 6. The minimum atomic E-state index is -0.916. The second kappa shape index (κ2) is 6.73. The van der Waals surface area contributed by atoms with Crippen LogP contribution in [-0.4, -0.2) is 36.7 Å². The number of hydrogen-bond acceptors (Lipinski definition) is 5. The minimum Gasteiger partial charge on any atom is -0.481 e. The highest BCUT2D eigenvalue weighted by Crippen LogP contribution is 2.27. The lowest BCUT2D eigenvalue weighted by atomic mass is 10.1. The first-order valence-corrected chi connectivity index (χ1v) is 7.55. The number of thioether (sulfide) groups is 1. The number of para-hydroxylation sites is 1. The standard InChI is InChI=1S/C14H17N3O3S/c1-3-10-6-4-5-9(2)13(10)17-11(7-18)15-16-14(17)21-8-12(19)20/h4-6,18H,3,7-8H2,1-2H3,(H,19,20). The third kappa shape index (κ3) is 3.25. The Balaban J connectivity index is 2.56. The van der Waals surface area contributed by atoms with E-state index in [1.54, 1.807) is 4.57 Å². The predicted molar refractivity (Wildman–Crippen MR) is 79.8 cm³/mol. The number of aliphatic hydroxyl groups excluding tert-OH is 1. The van der Waals surface area contributed by atoms with E-state index < -0.39 is 5.97 Å². The van der Waals surface area contributed by atoms with Crippen molar-refractivity contribution in [2.75, 3.05) is 5.75 Å². The van der Waals surface area contributed by atoms with Gasteiger partial charge >= 0.3 is 5.97 Å². The SMILES string of the molecule is CCc1cccc(C)c1-n1c(CO)nnc1SCC(=O)O. The highest BCUT2D eigenvalue weighted by molar-refractivity contribution is 7.99. The van der Waals surface area contributed by atoms with E-state index in [4.69, 9.17) is 5.11 Å². The molecule has 0 unspecified atom stereocenters. The molecule has 0 fully saturated rings. The van der Waals surface area contributed by atoms with Gasteiger partial charge in [0.15, 0.2) is 11.0 Å². The lowest BCUT2D eigenvalue weighted by Crippen LogP contribution is -2.09. The van der Waals surface area contributed by atoms with Gasteiger partial charge in [0.25, 0.3) is 0 Å². The molecular formula is C14H17N3O3S. The Bertz CT molecular complexity index is 655. The molecule has 21 heavy (non-hydrogen) atoms. The molecule has 7 heteroatoms. The maximum absolute atomic E-state index is 10.8. The Hall–Kier alpha value is -1.86. The van der Waals surface area contributed by atoms with Crippen molar-refractivity contribution in [2.45, 2.75) is 32.0 Å². The maximum atomic E-state index is 10.8. The number of carboxylic acids is 1. The highest BCUT2D eigenvalue weighted by atomic mass is 32.2. The van der Waals surface area contributed by atoms with Crippen LogP contribution in [0.25, 0.3) is 5.69 Å². The van der Waals surface area contributed by atoms with Crippen molar-refractivity contribution in [3.63, 3.8) is 0 Å². The number of benzene rings is 1. The van der Waals surface area contributed by atoms with Gasteiger partial charge in [0.05, 0.1) is 11.4 Å². The molecule has 0 atom stereocenters. The van der Waals surface area contributed by atoms with Crippen LogP contribution in [0.5, 0.6) is 0 Å². The molecule has 2 aromatic rings. The van der Waals surface area contributed by atoms with Crippen LogP contribution in [0.15, 0.2) is 23.4 Å². The van der Waals surface area contributed by atoms with Gasteiger partial charge in [-0.25, -0.2) is 0 Å². The van der Waals surface area contributed by atoms with Crippen LogP contribution in [0.4, 0.5) is 0 Å². The number of nitrogens with zero attached hydrogens (tertiary/aromatic N) is 3. The molecule has 2 rings (SSSR count). The second-order valence-electron chi connectivity index (χ2n) is 4.51. The number of aryl methyl sites for hydroxylation is 2. The lowest BCUT2D eigenvalue weighted by molar-refractivity contribution is -0.133. The van der Waals surface area contributed by atoms with E-state index in [-0.39, 0.29) is 12.4 Å². The van der Waals surface area contributed by atoms with Crippen molar-refractivity contribution in [1.82, 2.24) is 14.8 Å². The summed E-state index contributed by atoms with van der Waals surface area (Å²) in [6.45, 7) is 3.77. The number of aromatic nitrogens is 3. The summed E-state index contributed by atoms with van der Waals surface area (Å²) in [7, 11) is 0. The van der Waals surface area contributed by atoms with E-state index >= 15 is 0 Å². The fraction of sp³-hybridized carbons (Fsp3) is 0.357. The zero-order chi connectivity index (χ0) is 15.4. The van der Waals surface area contributed by atoms with Crippen LogP contribution >= 0.6 is 11.8 Å². The first-order chi connectivity index (χ1) is 10.1. The van der Waals surface area contributed by atoms with Crippen LogP contribution in [0.1, 0.15) is 23.9 Å². The first-order valence-electron chi connectivity index (χ1n) is 6.57. The zero-order valence-electron chi connectivity index (χ0n) is 11.9. The zero-order valence-corrected chi connectivity index (χ0v) is 12.7. The molecule has 0 saturated heterocycles. The highest BCUT2D eigenvalue weighted by Gasteiger charge is 2.18. The first kappa shape index (κ1) is 15.5. The molecule has 0 aliphatic carbocycles. The average molecular weight is 307 g/mol. The van der Waals surface area contributed by atoms with Crippen molar-refractivity contribution < 1.29 is 15.0 Å². The molecule has 2 N–H and O–H groups in total. The quantitative estimate of drug-likeness (QED) is 0.791. The van der Waals surface area contributed by atoms with Crippen molar-refractivity contribution in [3.05, 3.63) is 35.2 Å². The Labute approximate surface area is 126 Å². The smallest absolute Gasteiger partial charge is 0.313 e. The van der Waals surface area contributed by atoms with Gasteiger partial charge in [-0.1, -0.05) is 36.9 Å². The summed E-state index contributed by atoms with van der Waals surface area (Å²) in [5, 5.41) is 26.7. The van der Waals surface area contributed by atoms with Gasteiger partial charge in [0, 0.05) is 0 Å². The summed E-state index contributed by atoms with van der Waals surface area (Å²) in [4.78, 5) is 10.8. The number of hydrogen-bond donors (Lipinski definition) is 2. The summed E-state index contributed by atoms with van der Waals surface area (Å²) < 4.78 is 1.75. The summed E-state index contributed by atoms with van der Waals surface area (Å²) in [6, 6.07) is 5.96. The topological polar surface area (TPSA) is 88.2 Å². The molecular weight excluding hydrogens is 290 g/mol. The van der Waals surface area contributed by atoms with Gasteiger partial charge in [-0.05, 0) is 24.5 Å². The Morgan fingerprint density at radius 1 is 1.38 bits per heavy atom. The Kier molecular flexibility index (Phi) is 4.98. The van der Waals surface area contributed by atoms with Gasteiger partial charge in [-0.3, -0.25) is 9.36 Å². The van der Waals surface area contributed by atoms with Gasteiger partial charge in [-0.2, -0.15) is 0 Å². The van der Waals surface area contributed by atoms with Crippen LogP contribution in [0.3, 0.4) is 0 Å². The molecule has 0 spiro atoms. The minimum absolute atomic E-state index is 0.100. The van der Waals surface area contributed by atoms with Crippen molar-refractivity contribution >= 4 is 17.7 Å².